The lowest BCUT2D eigenvalue weighted by Gasteiger charge is -2.01. The zero-order valence-electron chi connectivity index (χ0n) is 7.62. The Hall–Kier alpha value is -1.06. The second-order valence-electron chi connectivity index (χ2n) is 3.04. The number of benzene rings is 1. The van der Waals surface area contributed by atoms with Crippen LogP contribution in [0.1, 0.15) is 5.56 Å². The second kappa shape index (κ2) is 3.59. The Morgan fingerprint density at radius 1 is 1.43 bits per heavy atom. The molecule has 1 aromatic carbocycles. The standard InChI is InChI=1S/C10H9ClN2S/c1-6-2-3-7(11)4-8(6)10-13-9(12)5-14-10/h2-5H,12H2,1H3. The molecule has 0 bridgehead atoms. The van der Waals surface area contributed by atoms with E-state index in [1.807, 2.05) is 30.5 Å². The van der Waals surface area contributed by atoms with Crippen LogP contribution < -0.4 is 5.73 Å². The van der Waals surface area contributed by atoms with Crippen LogP contribution in [0, 0.1) is 6.92 Å². The van der Waals surface area contributed by atoms with Crippen LogP contribution in [0.25, 0.3) is 10.6 Å². The van der Waals surface area contributed by atoms with Crippen LogP contribution in [0.2, 0.25) is 5.02 Å². The summed E-state index contributed by atoms with van der Waals surface area (Å²) in [6, 6.07) is 5.77. The van der Waals surface area contributed by atoms with Gasteiger partial charge in [0.25, 0.3) is 0 Å². The maximum Gasteiger partial charge on any atom is 0.135 e. The van der Waals surface area contributed by atoms with Crippen LogP contribution in [-0.4, -0.2) is 4.98 Å². The van der Waals surface area contributed by atoms with Crippen molar-refractivity contribution in [2.24, 2.45) is 0 Å². The van der Waals surface area contributed by atoms with Crippen LogP contribution in [0.15, 0.2) is 23.6 Å². The lowest BCUT2D eigenvalue weighted by Crippen LogP contribution is -1.85. The molecule has 0 aliphatic heterocycles. The average Bonchev–Trinajstić information content (AvgIpc) is 2.56. The number of aromatic nitrogens is 1. The molecule has 0 amide bonds. The summed E-state index contributed by atoms with van der Waals surface area (Å²) < 4.78 is 0. The first-order valence-electron chi connectivity index (χ1n) is 4.14. The van der Waals surface area contributed by atoms with Gasteiger partial charge >= 0.3 is 0 Å². The van der Waals surface area contributed by atoms with Gasteiger partial charge in [-0.3, -0.25) is 0 Å². The first-order chi connectivity index (χ1) is 6.66. The zero-order chi connectivity index (χ0) is 10.1. The van der Waals surface area contributed by atoms with Crippen molar-refractivity contribution in [1.29, 1.82) is 0 Å². The lowest BCUT2D eigenvalue weighted by atomic mass is 10.1. The number of anilines is 1. The first-order valence-corrected chi connectivity index (χ1v) is 5.40. The van der Waals surface area contributed by atoms with Crippen molar-refractivity contribution >= 4 is 28.8 Å². The van der Waals surface area contributed by atoms with Gasteiger partial charge in [-0.15, -0.1) is 11.3 Å². The number of rotatable bonds is 1. The molecule has 0 radical (unpaired) electrons. The maximum atomic E-state index is 5.92. The zero-order valence-corrected chi connectivity index (χ0v) is 9.19. The van der Waals surface area contributed by atoms with E-state index in [9.17, 15) is 0 Å². The maximum absolute atomic E-state index is 5.92. The van der Waals surface area contributed by atoms with Crippen molar-refractivity contribution in [3.8, 4) is 10.6 Å². The number of nitrogens with zero attached hydrogens (tertiary/aromatic N) is 1. The van der Waals surface area contributed by atoms with E-state index in [1.54, 1.807) is 0 Å². The molecule has 0 aliphatic carbocycles. The predicted octanol–water partition coefficient (Wildman–Crippen LogP) is 3.35. The lowest BCUT2D eigenvalue weighted by molar-refractivity contribution is 1.38. The number of hydrogen-bond acceptors (Lipinski definition) is 3. The Kier molecular flexibility index (Phi) is 2.44. The molecular weight excluding hydrogens is 216 g/mol. The number of halogens is 1. The predicted molar refractivity (Wildman–Crippen MR) is 61.7 cm³/mol. The molecule has 0 saturated carbocycles. The van der Waals surface area contributed by atoms with Crippen molar-refractivity contribution in [2.75, 3.05) is 5.73 Å². The Morgan fingerprint density at radius 3 is 2.86 bits per heavy atom. The largest absolute Gasteiger partial charge is 0.383 e. The fourth-order valence-electron chi connectivity index (χ4n) is 1.23. The molecule has 0 aliphatic rings. The average molecular weight is 225 g/mol. The van der Waals surface area contributed by atoms with Gasteiger partial charge in [0.1, 0.15) is 10.8 Å². The molecule has 2 nitrogen and oxygen atoms in total. The third-order valence-electron chi connectivity index (χ3n) is 1.95. The third-order valence-corrected chi connectivity index (χ3v) is 3.08. The molecule has 1 aromatic heterocycles. The van der Waals surface area contributed by atoms with E-state index in [4.69, 9.17) is 17.3 Å². The van der Waals surface area contributed by atoms with E-state index in [0.717, 1.165) is 21.2 Å². The van der Waals surface area contributed by atoms with Crippen molar-refractivity contribution in [3.63, 3.8) is 0 Å². The highest BCUT2D eigenvalue weighted by atomic mass is 35.5. The van der Waals surface area contributed by atoms with Gasteiger partial charge in [0.15, 0.2) is 0 Å². The second-order valence-corrected chi connectivity index (χ2v) is 4.33. The van der Waals surface area contributed by atoms with Gasteiger partial charge in [0.2, 0.25) is 0 Å². The number of nitrogen functional groups attached to an aromatic ring is 1. The highest BCUT2D eigenvalue weighted by Crippen LogP contribution is 2.29. The summed E-state index contributed by atoms with van der Waals surface area (Å²) in [6.45, 7) is 2.03. The molecule has 0 fully saturated rings. The Balaban J connectivity index is 2.55. The van der Waals surface area contributed by atoms with E-state index in [2.05, 4.69) is 4.98 Å². The summed E-state index contributed by atoms with van der Waals surface area (Å²) in [6.07, 6.45) is 0. The molecule has 0 saturated heterocycles. The van der Waals surface area contributed by atoms with Gasteiger partial charge in [-0.2, -0.15) is 0 Å². The summed E-state index contributed by atoms with van der Waals surface area (Å²) >= 11 is 7.45. The summed E-state index contributed by atoms with van der Waals surface area (Å²) in [5, 5.41) is 3.47. The molecular formula is C10H9ClN2S. The Labute approximate surface area is 91.4 Å². The minimum Gasteiger partial charge on any atom is -0.383 e. The summed E-state index contributed by atoms with van der Waals surface area (Å²) in [4.78, 5) is 4.22. The van der Waals surface area contributed by atoms with E-state index in [1.165, 1.54) is 11.3 Å². The SMILES string of the molecule is Cc1ccc(Cl)cc1-c1nc(N)cs1. The number of aryl methyl sites for hydroxylation is 1. The van der Waals surface area contributed by atoms with Crippen molar-refractivity contribution in [3.05, 3.63) is 34.2 Å². The fourth-order valence-corrected chi connectivity index (χ4v) is 2.20. The minimum absolute atomic E-state index is 0.560. The monoisotopic (exact) mass is 224 g/mol. The molecule has 2 N–H and O–H groups in total. The van der Waals surface area contributed by atoms with Gasteiger partial charge in [-0.05, 0) is 24.6 Å². The Morgan fingerprint density at radius 2 is 2.21 bits per heavy atom. The van der Waals surface area contributed by atoms with Crippen LogP contribution in [0.3, 0.4) is 0 Å². The number of thiazole rings is 1. The highest BCUT2D eigenvalue weighted by molar-refractivity contribution is 7.13. The summed E-state index contributed by atoms with van der Waals surface area (Å²) in [5.41, 5.74) is 7.78. The van der Waals surface area contributed by atoms with Gasteiger partial charge in [-0.1, -0.05) is 17.7 Å². The quantitative estimate of drug-likeness (QED) is 0.807. The van der Waals surface area contributed by atoms with Gasteiger partial charge in [0.05, 0.1) is 0 Å². The molecule has 1 heterocycles. The molecule has 2 rings (SSSR count). The summed E-state index contributed by atoms with van der Waals surface area (Å²) in [7, 11) is 0. The van der Waals surface area contributed by atoms with E-state index in [-0.39, 0.29) is 0 Å². The van der Waals surface area contributed by atoms with Gasteiger partial charge in [0, 0.05) is 16.0 Å². The van der Waals surface area contributed by atoms with Gasteiger partial charge in [-0.25, -0.2) is 4.98 Å². The molecule has 0 unspecified atom stereocenters. The molecule has 0 atom stereocenters. The number of nitrogens with two attached hydrogens (primary N) is 1. The molecule has 4 heteroatoms. The molecule has 0 spiro atoms. The topological polar surface area (TPSA) is 38.9 Å². The third kappa shape index (κ3) is 1.74. The van der Waals surface area contributed by atoms with E-state index >= 15 is 0 Å². The summed E-state index contributed by atoms with van der Waals surface area (Å²) in [5.74, 6) is 0.560. The van der Waals surface area contributed by atoms with Crippen molar-refractivity contribution < 1.29 is 0 Å². The number of hydrogen-bond donors (Lipinski definition) is 1. The normalized spacial score (nSPS) is 10.4. The van der Waals surface area contributed by atoms with Gasteiger partial charge < -0.3 is 5.73 Å². The van der Waals surface area contributed by atoms with E-state index < -0.39 is 0 Å². The smallest absolute Gasteiger partial charge is 0.135 e. The van der Waals surface area contributed by atoms with Crippen LogP contribution in [0.4, 0.5) is 5.82 Å². The first kappa shape index (κ1) is 9.49. The van der Waals surface area contributed by atoms with Crippen LogP contribution in [0.5, 0.6) is 0 Å². The fraction of sp³-hybridized carbons (Fsp3) is 0.100. The highest BCUT2D eigenvalue weighted by Gasteiger charge is 2.06. The van der Waals surface area contributed by atoms with Crippen molar-refractivity contribution in [2.45, 2.75) is 6.92 Å². The van der Waals surface area contributed by atoms with Crippen molar-refractivity contribution in [1.82, 2.24) is 4.98 Å². The van der Waals surface area contributed by atoms with Crippen LogP contribution >= 0.6 is 22.9 Å². The Bertz CT molecular complexity index is 465. The molecule has 72 valence electrons. The minimum atomic E-state index is 0.560. The molecule has 2 aromatic rings. The molecule has 14 heavy (non-hydrogen) atoms. The van der Waals surface area contributed by atoms with E-state index in [0.29, 0.717) is 5.82 Å². The van der Waals surface area contributed by atoms with Crippen LogP contribution in [-0.2, 0) is 0 Å².